The first-order chi connectivity index (χ1) is 51.4. The number of carbonyl (C=O) groups is 3. The zero-order valence-electron chi connectivity index (χ0n) is 60.6. The number of aliphatic imine (C=N–C) groups is 1. The van der Waals surface area contributed by atoms with Crippen molar-refractivity contribution < 1.29 is 28.6 Å². The molecule has 5 aromatic heterocycles. The molecule has 2 amide bonds. The maximum Gasteiger partial charge on any atom is 0.274 e. The predicted molar refractivity (Wildman–Crippen MR) is 403 cm³/mol. The van der Waals surface area contributed by atoms with Crippen LogP contribution in [0.4, 0.5) is 11.5 Å². The van der Waals surface area contributed by atoms with E-state index < -0.39 is 27.8 Å². The van der Waals surface area contributed by atoms with Gasteiger partial charge in [0.1, 0.15) is 28.2 Å². The highest BCUT2D eigenvalue weighted by Gasteiger charge is 2.56. The van der Waals surface area contributed by atoms with Crippen molar-refractivity contribution in [1.82, 2.24) is 59.7 Å². The van der Waals surface area contributed by atoms with Crippen molar-refractivity contribution in [3.8, 4) is 35.1 Å². The normalized spacial score (nSPS) is 25.0. The van der Waals surface area contributed by atoms with Crippen LogP contribution in [0.5, 0.6) is 0 Å². The van der Waals surface area contributed by atoms with Gasteiger partial charge in [-0.15, -0.1) is 6.42 Å². The molecule has 6 heterocycles. The zero-order chi connectivity index (χ0) is 73.2. The molecule has 2 bridgehead atoms. The number of benzene rings is 3. The van der Waals surface area contributed by atoms with Crippen LogP contribution in [0.15, 0.2) is 159 Å². The molecule has 106 heavy (non-hydrogen) atoms. The van der Waals surface area contributed by atoms with Crippen molar-refractivity contribution in [2.45, 2.75) is 209 Å². The summed E-state index contributed by atoms with van der Waals surface area (Å²) < 4.78 is 23.4. The molecule has 7 aliphatic rings. The zero-order valence-corrected chi connectivity index (χ0v) is 60.6. The van der Waals surface area contributed by atoms with Gasteiger partial charge in [0.15, 0.2) is 23.2 Å². The van der Waals surface area contributed by atoms with E-state index in [1.165, 1.54) is 27.2 Å². The predicted octanol–water partition coefficient (Wildman–Crippen LogP) is 12.1. The summed E-state index contributed by atoms with van der Waals surface area (Å²) in [5.41, 5.74) is -0.503. The van der Waals surface area contributed by atoms with Crippen LogP contribution in [0.2, 0.25) is 0 Å². The Balaban J connectivity index is 0.651. The quantitative estimate of drug-likeness (QED) is 0.0213. The Kier molecular flexibility index (Phi) is 20.3. The van der Waals surface area contributed by atoms with Crippen LogP contribution < -0.4 is 32.5 Å². The first kappa shape index (κ1) is 71.6. The van der Waals surface area contributed by atoms with E-state index in [1.54, 1.807) is 12.1 Å². The number of terminal acetylenes is 1. The van der Waals surface area contributed by atoms with Gasteiger partial charge in [-0.05, 0) is 159 Å². The van der Waals surface area contributed by atoms with Gasteiger partial charge in [-0.2, -0.15) is 19.0 Å². The molecular formula is C83H94N14O9. The van der Waals surface area contributed by atoms with E-state index in [2.05, 4.69) is 55.5 Å². The van der Waals surface area contributed by atoms with Crippen LogP contribution in [0.3, 0.4) is 0 Å². The Labute approximate surface area is 616 Å². The Bertz CT molecular complexity index is 4920. The molecule has 23 heteroatoms. The number of amidine groups is 1. The molecule has 6 saturated carbocycles. The lowest BCUT2D eigenvalue weighted by Crippen LogP contribution is -2.62. The monoisotopic (exact) mass is 1430 g/mol. The Hall–Kier alpha value is -10.0. The molecule has 8 aromatic rings. The molecule has 6 aliphatic carbocycles. The smallest absolute Gasteiger partial charge is 0.274 e. The number of nitrogens with one attached hydrogen (secondary N) is 5. The third-order valence-corrected chi connectivity index (χ3v) is 23.9. The number of H-pyrrole nitrogens is 2. The van der Waals surface area contributed by atoms with Gasteiger partial charge in [-0.1, -0.05) is 128 Å². The summed E-state index contributed by atoms with van der Waals surface area (Å²) in [6, 6.07) is 34.4. The molecule has 3 aromatic carbocycles. The molecule has 1 aliphatic heterocycles. The molecule has 0 saturated heterocycles. The Morgan fingerprint density at radius 1 is 0.613 bits per heavy atom. The van der Waals surface area contributed by atoms with Crippen LogP contribution in [-0.2, 0) is 48.4 Å². The van der Waals surface area contributed by atoms with Crippen LogP contribution in [0.1, 0.15) is 184 Å². The lowest BCUT2D eigenvalue weighted by molar-refractivity contribution is -0.168. The summed E-state index contributed by atoms with van der Waals surface area (Å²) in [5, 5.41) is 16.3. The maximum absolute atomic E-state index is 15.8. The summed E-state index contributed by atoms with van der Waals surface area (Å²) in [7, 11) is 2.02. The number of allylic oxidation sites excluding steroid dienone is 1. The third-order valence-electron chi connectivity index (χ3n) is 23.9. The third kappa shape index (κ3) is 15.2. The van der Waals surface area contributed by atoms with E-state index in [9.17, 15) is 14.4 Å². The van der Waals surface area contributed by atoms with Crippen molar-refractivity contribution in [3.05, 3.63) is 193 Å². The fraction of sp³-hybridized carbons (Fsp3) is 0.470. The molecule has 15 rings (SSSR count). The average molecular weight is 1430 g/mol. The van der Waals surface area contributed by atoms with Gasteiger partial charge in [0.2, 0.25) is 5.43 Å². The number of ketones is 1. The second-order valence-corrected chi connectivity index (χ2v) is 31.0. The van der Waals surface area contributed by atoms with Gasteiger partial charge in [-0.3, -0.25) is 39.0 Å². The molecule has 3 unspecified atom stereocenters. The molecule has 550 valence electrons. The van der Waals surface area contributed by atoms with E-state index in [0.717, 1.165) is 118 Å². The number of carbonyl (C=O) groups excluding carboxylic acids is 3. The highest BCUT2D eigenvalue weighted by atomic mass is 16.5. The second-order valence-electron chi connectivity index (χ2n) is 31.0. The minimum Gasteiger partial charge on any atom is -0.378 e. The second kappa shape index (κ2) is 30.1. The van der Waals surface area contributed by atoms with Gasteiger partial charge in [-0.25, -0.2) is 19.9 Å². The molecule has 5 N–H and O–H groups in total. The van der Waals surface area contributed by atoms with Gasteiger partial charge in [0.05, 0.1) is 42.6 Å². The number of fused-ring (bicyclic) bond motifs is 4. The summed E-state index contributed by atoms with van der Waals surface area (Å²) in [6.45, 7) is 6.93. The van der Waals surface area contributed by atoms with Gasteiger partial charge >= 0.3 is 0 Å². The van der Waals surface area contributed by atoms with Crippen LogP contribution in [0, 0.1) is 35.5 Å². The fourth-order valence-electron chi connectivity index (χ4n) is 17.7. The molecule has 6 fully saturated rings. The molecule has 1 spiro atoms. The molecule has 0 radical (unpaired) electrons. The number of aromatic amines is 2. The van der Waals surface area contributed by atoms with Crippen LogP contribution >= 0.6 is 0 Å². The Morgan fingerprint density at radius 2 is 1.16 bits per heavy atom. The molecular weight excluding hydrogens is 1340 g/mol. The minimum atomic E-state index is -1.37. The summed E-state index contributed by atoms with van der Waals surface area (Å²) in [4.78, 5) is 118. The highest BCUT2D eigenvalue weighted by Crippen LogP contribution is 2.55. The number of ether oxygens (including phenoxy) is 3. The number of amides is 2. The van der Waals surface area contributed by atoms with E-state index in [1.807, 2.05) is 98.0 Å². The standard InChI is InChI=1S/C83H94N14O9/c1-5-80(92-76(103)82(38-17-10-18-39-82)105-50-63-45-70(100)96-77(86-63)90-73(93-96)59-23-13-8-14-24-59)37-19-35-79(52-80)36-20-40-83(53-79,106-51-64-46-71(101)97-78(87-64)91-74(94-97)60-25-15-9-16-26-60)75(102)85-61-31-29-56(30-32-61)57-33-41-81(42-34-57,68(99)47-65(95(4)6-2)43-54(3)55-27-28-55)104-49-62-44-67(98)66-48-69(84-62)89-72(88-66)58-21-11-7-12-22-58/h1,7-9,11-16,21-26,44-48,55-57,61H,3,6,10,17-20,27-43,49-53H2,2,4H3,(H,85,102)(H,92,103)(H,84,88,89)(H,86,90,93)(H,87,91,94)/b65-47+. The topological polar surface area (TPSA) is 287 Å². The Morgan fingerprint density at radius 3 is 1.75 bits per heavy atom. The first-order valence-electron chi connectivity index (χ1n) is 38.1. The number of hydrogen-bond acceptors (Lipinski definition) is 17. The summed E-state index contributed by atoms with van der Waals surface area (Å²) >= 11 is 0. The molecule has 3 atom stereocenters. The lowest BCUT2D eigenvalue weighted by Gasteiger charge is -2.53. The van der Waals surface area contributed by atoms with Gasteiger partial charge < -0.3 is 35.1 Å². The van der Waals surface area contributed by atoms with Crippen molar-refractivity contribution >= 4 is 46.5 Å². The minimum absolute atomic E-state index is 0.0585. The highest BCUT2D eigenvalue weighted by molar-refractivity contribution is 6.10. The number of anilines is 1. The van der Waals surface area contributed by atoms with E-state index in [-0.39, 0.29) is 71.6 Å². The number of nitrogens with zero attached hydrogens (tertiary/aromatic N) is 9. The van der Waals surface area contributed by atoms with Crippen LogP contribution in [0.25, 0.3) is 34.3 Å². The van der Waals surface area contributed by atoms with Crippen molar-refractivity contribution in [2.24, 2.45) is 28.2 Å². The average Bonchev–Trinajstić information content (AvgIpc) is 1.14. The van der Waals surface area contributed by atoms with E-state index in [0.29, 0.717) is 134 Å². The maximum atomic E-state index is 15.8. The number of rotatable bonds is 24. The SMILES string of the molecule is C#CC1(NC(=O)C2(OCc3cc(=O)n4[nH]c(-c5ccccc5)nc4n3)CCCCC2)CCCC2(CCCC(OCc3cc(=O)n4[nH]c(-c5ccccc5)nc4n3)(C(=O)NC3CCC(C4CCC(OCc5cc(=O)c6cc(n5)N=C(c5ccccc5)N6)(C(=O)/C=C(\CC(=C)C5CC5)N(C)CC)CC4)CC3)C2)C1. The van der Waals surface area contributed by atoms with E-state index in [4.69, 9.17) is 45.6 Å². The summed E-state index contributed by atoms with van der Waals surface area (Å²) in [5.74, 6) is 5.85. The first-order valence-corrected chi connectivity index (χ1v) is 38.1. The van der Waals surface area contributed by atoms with Crippen molar-refractivity contribution in [2.75, 3.05) is 18.9 Å². The largest absolute Gasteiger partial charge is 0.378 e. The van der Waals surface area contributed by atoms with Crippen molar-refractivity contribution in [3.63, 3.8) is 0 Å². The van der Waals surface area contributed by atoms with Gasteiger partial charge in [0.25, 0.3) is 34.5 Å². The lowest BCUT2D eigenvalue weighted by atomic mass is 9.56. The summed E-state index contributed by atoms with van der Waals surface area (Å²) in [6.07, 6.45) is 24.8. The molecule has 23 nitrogen and oxygen atoms in total. The number of aromatic nitrogens is 9. The van der Waals surface area contributed by atoms with E-state index >= 15 is 14.4 Å². The van der Waals surface area contributed by atoms with Gasteiger partial charge in [0, 0.05) is 78.8 Å². The number of hydrogen-bond donors (Lipinski definition) is 5. The van der Waals surface area contributed by atoms with Crippen LogP contribution in [-0.4, -0.2) is 114 Å². The fourth-order valence-corrected chi connectivity index (χ4v) is 17.7. The van der Waals surface area contributed by atoms with Crippen molar-refractivity contribution in [1.29, 1.82) is 0 Å².